The summed E-state index contributed by atoms with van der Waals surface area (Å²) in [6.45, 7) is 12.7. The fourth-order valence-corrected chi connectivity index (χ4v) is 2.11. The maximum atomic E-state index is 10.6. The molecular weight excluding hydrogens is 761 g/mol. The van der Waals surface area contributed by atoms with Crippen molar-refractivity contribution in [3.63, 3.8) is 0 Å². The van der Waals surface area contributed by atoms with Gasteiger partial charge in [-0.2, -0.15) is 0 Å². The first-order valence-corrected chi connectivity index (χ1v) is 13.7. The van der Waals surface area contributed by atoms with Crippen molar-refractivity contribution in [2.45, 2.75) is 41.0 Å². The average Bonchev–Trinajstić information content (AvgIpc) is 2.88. The monoisotopic (exact) mass is 821 g/mol. The predicted octanol–water partition coefficient (Wildman–Crippen LogP) is 1.39. The number of hydrogen-bond donors (Lipinski definition) is 10. The first kappa shape index (κ1) is 77.6. The van der Waals surface area contributed by atoms with Crippen LogP contribution in [0, 0.1) is 0 Å². The van der Waals surface area contributed by atoms with Crippen LogP contribution in [0.15, 0.2) is 23.1 Å². The largest absolute Gasteiger partial charge is 0.481 e. The molecule has 23 nitrogen and oxygen atoms in total. The molecular formula is C28H61Cl2N7O16. The molecule has 0 atom stereocenters. The summed E-state index contributed by atoms with van der Waals surface area (Å²) in [4.78, 5) is 90.4. The Morgan fingerprint density at radius 1 is 0.528 bits per heavy atom. The summed E-state index contributed by atoms with van der Waals surface area (Å²) in [6.07, 6.45) is 1.08. The lowest BCUT2D eigenvalue weighted by atomic mass is 10.4. The van der Waals surface area contributed by atoms with Crippen molar-refractivity contribution in [3.05, 3.63) is 13.2 Å². The maximum Gasteiger partial charge on any atom is 0.317 e. The van der Waals surface area contributed by atoms with Crippen molar-refractivity contribution in [1.82, 2.24) is 27.0 Å². The molecule has 0 rings (SSSR count). The minimum Gasteiger partial charge on any atom is -0.481 e. The van der Waals surface area contributed by atoms with Crippen LogP contribution in [0.4, 0.5) is 0 Å². The molecule has 0 aromatic rings. The van der Waals surface area contributed by atoms with E-state index in [9.17, 15) is 19.2 Å². The van der Waals surface area contributed by atoms with Gasteiger partial charge in [-0.1, -0.05) is 0 Å². The molecule has 0 aliphatic carbocycles. The third kappa shape index (κ3) is 164. The van der Waals surface area contributed by atoms with E-state index in [1.807, 2.05) is 6.92 Å². The maximum absolute atomic E-state index is 10.6. The summed E-state index contributed by atoms with van der Waals surface area (Å²) in [6, 6.07) is 2.64. The Labute approximate surface area is 321 Å². The molecule has 0 bridgehead atoms. The van der Waals surface area contributed by atoms with Crippen LogP contribution in [0.5, 0.6) is 0 Å². The van der Waals surface area contributed by atoms with Crippen molar-refractivity contribution in [2.24, 2.45) is 9.98 Å². The molecule has 0 aromatic heterocycles. The summed E-state index contributed by atoms with van der Waals surface area (Å²) in [5.41, 5.74) is 0. The Morgan fingerprint density at radius 3 is 0.925 bits per heavy atom. The zero-order valence-corrected chi connectivity index (χ0v) is 32.9. The number of carboxylic acid groups (broad SMARTS) is 8. The van der Waals surface area contributed by atoms with Gasteiger partial charge in [0.15, 0.2) is 0 Å². The molecule has 0 saturated heterocycles. The first-order chi connectivity index (χ1) is 22.4. The first-order valence-electron chi connectivity index (χ1n) is 13.7. The number of carbonyl (C=O) groups is 8. The van der Waals surface area contributed by atoms with Crippen molar-refractivity contribution in [3.8, 4) is 0 Å². The van der Waals surface area contributed by atoms with E-state index in [4.69, 9.17) is 60.0 Å². The highest BCUT2D eigenvalue weighted by atomic mass is 35.5. The highest BCUT2D eigenvalue weighted by molar-refractivity contribution is 5.85. The molecule has 0 saturated carbocycles. The van der Waals surface area contributed by atoms with Crippen LogP contribution in [0.25, 0.3) is 0 Å². The third-order valence-electron chi connectivity index (χ3n) is 3.34. The van der Waals surface area contributed by atoms with E-state index in [2.05, 4.69) is 48.1 Å². The fraction of sp³-hybridized carbons (Fsp3) is 0.607. The van der Waals surface area contributed by atoms with Gasteiger partial charge in [0.1, 0.15) is 0 Å². The Hall–Kier alpha value is -4.74. The van der Waals surface area contributed by atoms with E-state index in [1.54, 1.807) is 0 Å². The number of hydrogen-bond acceptors (Lipinski definition) is 15. The van der Waals surface area contributed by atoms with E-state index in [1.165, 1.54) is 0 Å². The number of nitrogens with zero attached hydrogens (tertiary/aromatic N) is 5. The minimum atomic E-state index is -1.23. The standard InChI is InChI=1S/C10H16N2O8.C8H17N3.4C2H4O2.C2H4.2ClH.2H3N/c13-7(14)3-11(4-8(15)16)1-2-12(5-9(17)18)6-10(19)20;1-4-9-8-10-6-5-7-11(2)3;4*1-2(3)4;1-2;;;;/h1-6H2,(H,13,14)(H,15,16)(H,17,18)(H,19,20);4-7H2,1-3H3;4*1H3,(H,3,4);1-2H2;2*1H;2*1H3. The number of aliphatic carboxylic acids is 8. The van der Waals surface area contributed by atoms with Crippen molar-refractivity contribution < 1.29 is 79.2 Å². The summed E-state index contributed by atoms with van der Waals surface area (Å²) in [5, 5.41) is 64.1. The van der Waals surface area contributed by atoms with Crippen LogP contribution in [0.3, 0.4) is 0 Å². The minimum absolute atomic E-state index is 0. The van der Waals surface area contributed by atoms with Crippen LogP contribution in [-0.2, 0) is 38.4 Å². The molecule has 0 heterocycles. The summed E-state index contributed by atoms with van der Waals surface area (Å²) in [5.74, 6) is -8.24. The molecule has 53 heavy (non-hydrogen) atoms. The number of aliphatic imine (C=N–C) groups is 2. The predicted molar refractivity (Wildman–Crippen MR) is 201 cm³/mol. The Balaban J connectivity index is -0.0000000503. The molecule has 0 fully saturated rings. The fourth-order valence-electron chi connectivity index (χ4n) is 2.11. The second kappa shape index (κ2) is 59.4. The van der Waals surface area contributed by atoms with Crippen LogP contribution < -0.4 is 12.3 Å². The number of halogens is 2. The van der Waals surface area contributed by atoms with Gasteiger partial charge in [-0.15, -0.1) is 38.0 Å². The quantitative estimate of drug-likeness (QED) is 0.0597. The smallest absolute Gasteiger partial charge is 0.317 e. The van der Waals surface area contributed by atoms with Crippen molar-refractivity contribution in [1.29, 1.82) is 0 Å². The lowest BCUT2D eigenvalue weighted by molar-refractivity contribution is -0.145. The molecule has 0 amide bonds. The topological polar surface area (TPSA) is 403 Å². The van der Waals surface area contributed by atoms with E-state index in [-0.39, 0.29) is 50.2 Å². The normalized spacial score (nSPS) is 7.96. The Kier molecular flexibility index (Phi) is 87.0. The highest BCUT2D eigenvalue weighted by Gasteiger charge is 2.18. The van der Waals surface area contributed by atoms with Crippen molar-refractivity contribution in [2.75, 3.05) is 73.0 Å². The van der Waals surface area contributed by atoms with Crippen LogP contribution >= 0.6 is 24.8 Å². The van der Waals surface area contributed by atoms with E-state index < -0.39 is 73.9 Å². The van der Waals surface area contributed by atoms with Crippen molar-refractivity contribution >= 4 is 78.6 Å². The van der Waals surface area contributed by atoms with E-state index >= 15 is 0 Å². The zero-order valence-electron chi connectivity index (χ0n) is 31.3. The average molecular weight is 823 g/mol. The SMILES string of the molecule is C=C.CC(=O)O.CC(=O)O.CC(=O)O.CC(=O)O.CCN=C=NCCCN(C)C.Cl.Cl.N.N.O=C(O)CN(CCN(CC(=O)O)CC(=O)O)CC(=O)O. The van der Waals surface area contributed by atoms with Crippen LogP contribution in [-0.4, -0.2) is 182 Å². The lowest BCUT2D eigenvalue weighted by Crippen LogP contribution is -2.43. The highest BCUT2D eigenvalue weighted by Crippen LogP contribution is 1.94. The van der Waals surface area contributed by atoms with Gasteiger partial charge in [0.05, 0.1) is 38.7 Å². The van der Waals surface area contributed by atoms with E-state index in [0.717, 1.165) is 63.5 Å². The summed E-state index contributed by atoms with van der Waals surface area (Å²) >= 11 is 0. The molecule has 0 aromatic carbocycles. The van der Waals surface area contributed by atoms with Gasteiger partial charge >= 0.3 is 23.9 Å². The van der Waals surface area contributed by atoms with Gasteiger partial charge in [-0.25, -0.2) is 9.98 Å². The molecule has 0 aliphatic rings. The van der Waals surface area contributed by atoms with Gasteiger partial charge in [0.25, 0.3) is 23.9 Å². The zero-order chi connectivity index (χ0) is 40.5. The van der Waals surface area contributed by atoms with Gasteiger partial charge < -0.3 is 58.1 Å². The molecule has 0 spiro atoms. The lowest BCUT2D eigenvalue weighted by Gasteiger charge is -2.23. The number of rotatable bonds is 16. The Morgan fingerprint density at radius 2 is 0.755 bits per heavy atom. The molecule has 25 heteroatoms. The molecule has 0 aliphatic heterocycles. The second-order valence-electron chi connectivity index (χ2n) is 8.69. The summed E-state index contributed by atoms with van der Waals surface area (Å²) < 4.78 is 0. The second-order valence-corrected chi connectivity index (χ2v) is 8.69. The van der Waals surface area contributed by atoms with Gasteiger partial charge in [-0.05, 0) is 34.0 Å². The molecule has 0 unspecified atom stereocenters. The molecule has 0 radical (unpaired) electrons. The Bertz CT molecular complexity index is 886. The third-order valence-corrected chi connectivity index (χ3v) is 3.34. The molecule has 14 N–H and O–H groups in total. The van der Waals surface area contributed by atoms with Gasteiger partial charge in [-0.3, -0.25) is 48.2 Å². The summed E-state index contributed by atoms with van der Waals surface area (Å²) in [7, 11) is 4.12. The van der Waals surface area contributed by atoms with Crippen LogP contribution in [0.2, 0.25) is 0 Å². The van der Waals surface area contributed by atoms with Gasteiger partial charge in [0.2, 0.25) is 0 Å². The van der Waals surface area contributed by atoms with Gasteiger partial charge in [0, 0.05) is 47.3 Å². The van der Waals surface area contributed by atoms with Crippen LogP contribution in [0.1, 0.15) is 41.0 Å². The number of carboxylic acids is 8. The van der Waals surface area contributed by atoms with E-state index in [0.29, 0.717) is 0 Å². The molecule has 318 valence electrons.